The van der Waals surface area contributed by atoms with E-state index in [0.717, 1.165) is 28.8 Å². The molecule has 0 unspecified atom stereocenters. The molecule has 0 saturated heterocycles. The normalized spacial score (nSPS) is 11.1. The zero-order valence-electron chi connectivity index (χ0n) is 12.3. The minimum absolute atomic E-state index is 0.487. The highest BCUT2D eigenvalue weighted by atomic mass is 16.5. The molecule has 0 aliphatic carbocycles. The van der Waals surface area contributed by atoms with Crippen LogP contribution in [-0.2, 0) is 13.6 Å². The van der Waals surface area contributed by atoms with Gasteiger partial charge in [0.1, 0.15) is 11.3 Å². The summed E-state index contributed by atoms with van der Waals surface area (Å²) in [5, 5.41) is 4.18. The number of aromatic nitrogens is 4. The van der Waals surface area contributed by atoms with Crippen LogP contribution in [0.5, 0.6) is 5.75 Å². The molecule has 2 heterocycles. The Morgan fingerprint density at radius 2 is 2.19 bits per heavy atom. The molecule has 2 N–H and O–H groups in total. The molecule has 110 valence electrons. The van der Waals surface area contributed by atoms with Gasteiger partial charge in [-0.3, -0.25) is 4.68 Å². The average molecular weight is 285 g/mol. The Kier molecular flexibility index (Phi) is 3.51. The average Bonchev–Trinajstić information content (AvgIpc) is 3.02. The molecule has 6 heteroatoms. The van der Waals surface area contributed by atoms with Crippen molar-refractivity contribution >= 4 is 17.0 Å². The van der Waals surface area contributed by atoms with Crippen LogP contribution in [0.3, 0.4) is 0 Å². The number of rotatable bonds is 5. The van der Waals surface area contributed by atoms with Gasteiger partial charge in [0.25, 0.3) is 0 Å². The summed E-state index contributed by atoms with van der Waals surface area (Å²) < 4.78 is 9.50. The zero-order chi connectivity index (χ0) is 14.8. The van der Waals surface area contributed by atoms with Crippen LogP contribution in [0.1, 0.15) is 18.9 Å². The summed E-state index contributed by atoms with van der Waals surface area (Å²) in [7, 11) is 1.90. The number of hydrogen-bond acceptors (Lipinski definition) is 4. The van der Waals surface area contributed by atoms with Crippen LogP contribution in [-0.4, -0.2) is 25.9 Å². The molecule has 0 fully saturated rings. The summed E-state index contributed by atoms with van der Waals surface area (Å²) in [6, 6.07) is 5.90. The Balaban J connectivity index is 2.00. The van der Waals surface area contributed by atoms with E-state index in [9.17, 15) is 0 Å². The van der Waals surface area contributed by atoms with Crippen LogP contribution in [0.2, 0.25) is 0 Å². The van der Waals surface area contributed by atoms with Crippen molar-refractivity contribution in [1.82, 2.24) is 19.3 Å². The SMILES string of the molecule is CCCOc1cccc2c1nc(N)n2Cc1cnn(C)c1. The Hall–Kier alpha value is -2.50. The molecule has 0 aliphatic rings. The number of nitrogens with two attached hydrogens (primary N) is 1. The maximum absolute atomic E-state index is 6.07. The molecule has 0 atom stereocenters. The van der Waals surface area contributed by atoms with E-state index >= 15 is 0 Å². The largest absolute Gasteiger partial charge is 0.491 e. The van der Waals surface area contributed by atoms with E-state index in [2.05, 4.69) is 17.0 Å². The summed E-state index contributed by atoms with van der Waals surface area (Å²) in [6.45, 7) is 3.40. The Bertz CT molecular complexity index is 759. The molecule has 0 aliphatic heterocycles. The van der Waals surface area contributed by atoms with Gasteiger partial charge in [-0.25, -0.2) is 4.98 Å². The minimum atomic E-state index is 0.487. The van der Waals surface area contributed by atoms with Crippen molar-refractivity contribution < 1.29 is 4.74 Å². The highest BCUT2D eigenvalue weighted by Crippen LogP contribution is 2.27. The number of fused-ring (bicyclic) bond motifs is 1. The van der Waals surface area contributed by atoms with Crippen molar-refractivity contribution in [2.45, 2.75) is 19.9 Å². The fourth-order valence-corrected chi connectivity index (χ4v) is 2.37. The van der Waals surface area contributed by atoms with Crippen molar-refractivity contribution in [2.24, 2.45) is 7.05 Å². The second kappa shape index (κ2) is 5.47. The van der Waals surface area contributed by atoms with Gasteiger partial charge in [0, 0.05) is 18.8 Å². The molecular weight excluding hydrogens is 266 g/mol. The first-order valence-corrected chi connectivity index (χ1v) is 7.04. The van der Waals surface area contributed by atoms with E-state index in [1.165, 1.54) is 0 Å². The Morgan fingerprint density at radius 1 is 1.33 bits per heavy atom. The molecule has 0 spiro atoms. The predicted octanol–water partition coefficient (Wildman–Crippen LogP) is 2.19. The molecule has 3 aromatic rings. The van der Waals surface area contributed by atoms with E-state index in [1.54, 1.807) is 4.68 Å². The van der Waals surface area contributed by atoms with Crippen LogP contribution >= 0.6 is 0 Å². The van der Waals surface area contributed by atoms with E-state index in [4.69, 9.17) is 10.5 Å². The highest BCUT2D eigenvalue weighted by Gasteiger charge is 2.13. The third-order valence-corrected chi connectivity index (χ3v) is 3.33. The van der Waals surface area contributed by atoms with Gasteiger partial charge in [0.2, 0.25) is 5.95 Å². The third kappa shape index (κ3) is 2.56. The molecule has 0 amide bonds. The lowest BCUT2D eigenvalue weighted by Gasteiger charge is -2.06. The van der Waals surface area contributed by atoms with E-state index in [1.807, 2.05) is 42.2 Å². The van der Waals surface area contributed by atoms with Crippen molar-refractivity contribution in [1.29, 1.82) is 0 Å². The summed E-state index contributed by atoms with van der Waals surface area (Å²) >= 11 is 0. The predicted molar refractivity (Wildman–Crippen MR) is 82.2 cm³/mol. The molecule has 1 aromatic carbocycles. The van der Waals surface area contributed by atoms with Gasteiger partial charge < -0.3 is 15.0 Å². The molecule has 6 nitrogen and oxygen atoms in total. The Labute approximate surface area is 123 Å². The van der Waals surface area contributed by atoms with Gasteiger partial charge in [-0.15, -0.1) is 0 Å². The fourth-order valence-electron chi connectivity index (χ4n) is 2.37. The summed E-state index contributed by atoms with van der Waals surface area (Å²) in [4.78, 5) is 4.46. The molecule has 2 aromatic heterocycles. The van der Waals surface area contributed by atoms with Gasteiger partial charge >= 0.3 is 0 Å². The maximum Gasteiger partial charge on any atom is 0.201 e. The second-order valence-corrected chi connectivity index (χ2v) is 5.05. The monoisotopic (exact) mass is 285 g/mol. The van der Waals surface area contributed by atoms with Crippen LogP contribution in [0.15, 0.2) is 30.6 Å². The maximum atomic E-state index is 6.07. The molecular formula is C15H19N5O. The first-order chi connectivity index (χ1) is 10.2. The number of ether oxygens (including phenoxy) is 1. The molecule has 3 rings (SSSR count). The number of nitrogens with zero attached hydrogens (tertiary/aromatic N) is 4. The van der Waals surface area contributed by atoms with Crippen LogP contribution in [0.4, 0.5) is 5.95 Å². The number of aryl methyl sites for hydroxylation is 1. The quantitative estimate of drug-likeness (QED) is 0.780. The highest BCUT2D eigenvalue weighted by molar-refractivity contribution is 5.84. The van der Waals surface area contributed by atoms with E-state index < -0.39 is 0 Å². The van der Waals surface area contributed by atoms with Crippen molar-refractivity contribution in [3.8, 4) is 5.75 Å². The minimum Gasteiger partial charge on any atom is -0.491 e. The lowest BCUT2D eigenvalue weighted by Crippen LogP contribution is -2.04. The van der Waals surface area contributed by atoms with Gasteiger partial charge in [-0.1, -0.05) is 13.0 Å². The lowest BCUT2D eigenvalue weighted by molar-refractivity contribution is 0.320. The molecule has 21 heavy (non-hydrogen) atoms. The summed E-state index contributed by atoms with van der Waals surface area (Å²) in [5.74, 6) is 1.27. The Morgan fingerprint density at radius 3 is 2.90 bits per heavy atom. The van der Waals surface area contributed by atoms with E-state index in [0.29, 0.717) is 19.1 Å². The van der Waals surface area contributed by atoms with Gasteiger partial charge in [0.15, 0.2) is 0 Å². The number of hydrogen-bond donors (Lipinski definition) is 1. The van der Waals surface area contributed by atoms with Crippen LogP contribution in [0, 0.1) is 0 Å². The number of para-hydroxylation sites is 1. The van der Waals surface area contributed by atoms with Crippen LogP contribution in [0.25, 0.3) is 11.0 Å². The number of benzene rings is 1. The lowest BCUT2D eigenvalue weighted by atomic mass is 10.2. The first-order valence-electron chi connectivity index (χ1n) is 7.04. The molecule has 0 bridgehead atoms. The van der Waals surface area contributed by atoms with Crippen molar-refractivity contribution in [3.05, 3.63) is 36.2 Å². The standard InChI is InChI=1S/C15H19N5O/c1-3-7-21-13-6-4-5-12-14(13)18-15(16)20(12)10-11-8-17-19(2)9-11/h4-6,8-9H,3,7,10H2,1-2H3,(H2,16,18). The van der Waals surface area contributed by atoms with Gasteiger partial charge in [0.05, 0.1) is 24.9 Å². The van der Waals surface area contributed by atoms with E-state index in [-0.39, 0.29) is 0 Å². The number of imidazole rings is 1. The van der Waals surface area contributed by atoms with Crippen molar-refractivity contribution in [2.75, 3.05) is 12.3 Å². The third-order valence-electron chi connectivity index (χ3n) is 3.33. The van der Waals surface area contributed by atoms with Gasteiger partial charge in [-0.05, 0) is 18.6 Å². The molecule has 0 radical (unpaired) electrons. The molecule has 0 saturated carbocycles. The van der Waals surface area contributed by atoms with Crippen LogP contribution < -0.4 is 10.5 Å². The topological polar surface area (TPSA) is 70.9 Å². The smallest absolute Gasteiger partial charge is 0.201 e. The summed E-state index contributed by atoms with van der Waals surface area (Å²) in [6.07, 6.45) is 4.77. The fraction of sp³-hybridized carbons (Fsp3) is 0.333. The van der Waals surface area contributed by atoms with Gasteiger partial charge in [-0.2, -0.15) is 5.10 Å². The van der Waals surface area contributed by atoms with Crippen molar-refractivity contribution in [3.63, 3.8) is 0 Å². The number of nitrogen functional groups attached to an aromatic ring is 1. The zero-order valence-corrected chi connectivity index (χ0v) is 12.3. The second-order valence-electron chi connectivity index (χ2n) is 5.05. The summed E-state index contributed by atoms with van der Waals surface area (Å²) in [5.41, 5.74) is 8.95. The number of anilines is 1. The first kappa shape index (κ1) is 13.5.